The van der Waals surface area contributed by atoms with Gasteiger partial charge in [-0.15, -0.1) is 0 Å². The third-order valence-corrected chi connectivity index (χ3v) is 19.3. The van der Waals surface area contributed by atoms with E-state index in [2.05, 4.69) is 26.6 Å². The van der Waals surface area contributed by atoms with Crippen molar-refractivity contribution in [1.29, 1.82) is 0 Å². The number of nitrogens with zero attached hydrogens (tertiary/aromatic N) is 8. The first-order valence-electron chi connectivity index (χ1n) is 36.0. The van der Waals surface area contributed by atoms with Gasteiger partial charge < -0.3 is 65.8 Å². The van der Waals surface area contributed by atoms with Gasteiger partial charge in [0.2, 0.25) is 76.8 Å². The highest BCUT2D eigenvalue weighted by Crippen LogP contribution is 2.24. The molecule has 0 saturated carbocycles. The highest BCUT2D eigenvalue weighted by atomic mass is 16.2. The van der Waals surface area contributed by atoms with Crippen LogP contribution in [0.25, 0.3) is 0 Å². The lowest BCUT2D eigenvalue weighted by Gasteiger charge is -2.38. The van der Waals surface area contributed by atoms with Gasteiger partial charge in [0.15, 0.2) is 0 Å². The summed E-state index contributed by atoms with van der Waals surface area (Å²) >= 11 is 0. The third-order valence-electron chi connectivity index (χ3n) is 19.3. The van der Waals surface area contributed by atoms with Crippen LogP contribution in [0.2, 0.25) is 0 Å². The van der Waals surface area contributed by atoms with Crippen molar-refractivity contribution in [2.24, 2.45) is 29.6 Å². The van der Waals surface area contributed by atoms with Crippen molar-refractivity contribution in [2.45, 2.75) is 227 Å². The topological polar surface area (TPSA) is 308 Å². The first-order chi connectivity index (χ1) is 47.3. The SMILES string of the molecule is CC(C)C[C@@H]1NC(=O)[C@H](CC(C)C)N(C)C(=O)[C@H](C)N(C)C(=O)[C@@H](C(C)C)NC(=O)C[C@@H](C(=O)N2CCCCC2)NC(=O)[C@H](CCC(=O)N(C)C)NC(=O)[C@H](CC(C)C)N(C)C(=O)[C@H](C)N(C)C(=O)[C@H](CC(C)C)N(C)C(=O)[C@H](Cc2ccccc2)NC(=O)[C@H](Cc2ccccc2)N(C)C1=O. The van der Waals surface area contributed by atoms with E-state index in [9.17, 15) is 38.4 Å². The van der Waals surface area contributed by atoms with E-state index in [1.54, 1.807) is 74.5 Å². The quantitative estimate of drug-likeness (QED) is 0.150. The normalized spacial score (nSPS) is 25.2. The number of nitrogens with one attached hydrogen (secondary N) is 5. The van der Waals surface area contributed by atoms with Gasteiger partial charge in [-0.05, 0) is 106 Å². The van der Waals surface area contributed by atoms with Crippen molar-refractivity contribution >= 4 is 76.8 Å². The lowest BCUT2D eigenvalue weighted by Crippen LogP contribution is -2.62. The molecule has 0 unspecified atom stereocenters. The van der Waals surface area contributed by atoms with Crippen LogP contribution < -0.4 is 26.6 Å². The molecule has 0 spiro atoms. The average molecular weight is 1410 g/mol. The summed E-state index contributed by atoms with van der Waals surface area (Å²) in [4.78, 5) is 203. The summed E-state index contributed by atoms with van der Waals surface area (Å²) in [6, 6.07) is 3.46. The highest BCUT2D eigenvalue weighted by molar-refractivity contribution is 6.00. The average Bonchev–Trinajstić information content (AvgIpc) is 0.819. The molecule has 2 aliphatic heterocycles. The molecule has 0 radical (unpaired) electrons. The van der Waals surface area contributed by atoms with E-state index in [-0.39, 0.29) is 75.0 Å². The lowest BCUT2D eigenvalue weighted by molar-refractivity contribution is -0.152. The van der Waals surface area contributed by atoms with Crippen LogP contribution in [0.4, 0.5) is 0 Å². The zero-order valence-electron chi connectivity index (χ0n) is 63.8. The summed E-state index contributed by atoms with van der Waals surface area (Å²) in [5, 5.41) is 14.2. The van der Waals surface area contributed by atoms with Crippen LogP contribution in [0, 0.1) is 29.6 Å². The van der Waals surface area contributed by atoms with E-state index >= 15 is 24.0 Å². The molecule has 0 aliphatic carbocycles. The van der Waals surface area contributed by atoms with Gasteiger partial charge in [0.25, 0.3) is 0 Å². The minimum atomic E-state index is -1.55. The second-order valence-corrected chi connectivity index (χ2v) is 30.0. The summed E-state index contributed by atoms with van der Waals surface area (Å²) < 4.78 is 0. The van der Waals surface area contributed by atoms with Gasteiger partial charge in [-0.1, -0.05) is 130 Å². The van der Waals surface area contributed by atoms with Crippen molar-refractivity contribution in [3.05, 3.63) is 71.8 Å². The summed E-state index contributed by atoms with van der Waals surface area (Å²) in [5.74, 6) is -10.3. The minimum absolute atomic E-state index is 0.0377. The zero-order chi connectivity index (χ0) is 76.0. The van der Waals surface area contributed by atoms with Gasteiger partial charge in [-0.2, -0.15) is 0 Å². The standard InChI is InChI=1S/C75H119N13O13/c1-45(2)38-55-71(97)86(19)60(43-53-32-26-22-27-33-53)68(94)79-56(42-52-30-24-21-25-31-52)72(98)87(20)61(41-48(7)8)74(100)82(15)50(11)69(95)84(17)58(39-46(3)4)66(92)76-54(34-35-63(90)81(13)14)65(91)77-57(73(99)88-36-28-23-29-37-88)44-62(89)80-64(49(9)10)75(101)83(16)51(12)70(96)85(18)59(40-47(5)6)67(93)78-55/h21-22,24-27,30-33,45-51,54-61,64H,23,28-29,34-44H2,1-20H3,(H,76,92)(H,77,91)(H,78,93)(H,79,94)(H,80,89)/t50-,51-,54-,55-,56-,57-,58-,59-,60-,61-,64+/m0/s1. The monoisotopic (exact) mass is 1410 g/mol. The molecule has 2 saturated heterocycles. The Balaban J connectivity index is 1.99. The first-order valence-corrected chi connectivity index (χ1v) is 36.0. The van der Waals surface area contributed by atoms with Crippen molar-refractivity contribution in [3.63, 3.8) is 0 Å². The number of hydrogen-bond donors (Lipinski definition) is 5. The highest BCUT2D eigenvalue weighted by Gasteiger charge is 2.44. The summed E-state index contributed by atoms with van der Waals surface area (Å²) in [6.07, 6.45) is 1.23. The molecule has 2 aromatic rings. The van der Waals surface area contributed by atoms with Crippen LogP contribution in [-0.2, 0) is 75.2 Å². The minimum Gasteiger partial charge on any atom is -0.349 e. The number of likely N-dealkylation sites (N-methyl/N-ethyl adjacent to an activating group) is 6. The third kappa shape index (κ3) is 24.7. The number of piperidine rings is 1. The second kappa shape index (κ2) is 39.7. The molecule has 26 heteroatoms. The first kappa shape index (κ1) is 85.0. The number of hydrogen-bond acceptors (Lipinski definition) is 13. The molecular weight excluding hydrogens is 1290 g/mol. The van der Waals surface area contributed by atoms with Crippen LogP contribution in [0.15, 0.2) is 60.7 Å². The van der Waals surface area contributed by atoms with Crippen LogP contribution >= 0.6 is 0 Å². The van der Waals surface area contributed by atoms with Crippen molar-refractivity contribution in [1.82, 2.24) is 65.8 Å². The number of carbonyl (C=O) groups is 13. The summed E-state index contributed by atoms with van der Waals surface area (Å²) in [7, 11) is 11.6. The molecule has 5 N–H and O–H groups in total. The Morgan fingerprint density at radius 2 is 0.842 bits per heavy atom. The molecule has 562 valence electrons. The van der Waals surface area contributed by atoms with E-state index in [1.807, 2.05) is 55.4 Å². The van der Waals surface area contributed by atoms with Gasteiger partial charge >= 0.3 is 0 Å². The molecule has 0 aromatic heterocycles. The maximum absolute atomic E-state index is 15.5. The largest absolute Gasteiger partial charge is 0.349 e. The molecule has 2 fully saturated rings. The molecule has 11 atom stereocenters. The molecule has 4 rings (SSSR count). The van der Waals surface area contributed by atoms with Gasteiger partial charge in [0, 0.05) is 88.7 Å². The Morgan fingerprint density at radius 1 is 0.436 bits per heavy atom. The van der Waals surface area contributed by atoms with Crippen molar-refractivity contribution in [3.8, 4) is 0 Å². The molecule has 2 heterocycles. The van der Waals surface area contributed by atoms with Crippen molar-refractivity contribution < 1.29 is 62.3 Å². The van der Waals surface area contributed by atoms with Gasteiger partial charge in [-0.3, -0.25) is 62.3 Å². The number of likely N-dealkylation sites (tertiary alicyclic amines) is 1. The van der Waals surface area contributed by atoms with Crippen molar-refractivity contribution in [2.75, 3.05) is 69.5 Å². The van der Waals surface area contributed by atoms with E-state index < -0.39 is 156 Å². The molecule has 26 nitrogen and oxygen atoms in total. The van der Waals surface area contributed by atoms with Crippen LogP contribution in [0.3, 0.4) is 0 Å². The number of benzene rings is 2. The second-order valence-electron chi connectivity index (χ2n) is 30.0. The number of carbonyl (C=O) groups excluding carboxylic acids is 13. The Hall–Kier alpha value is -8.45. The fourth-order valence-electron chi connectivity index (χ4n) is 12.8. The lowest BCUT2D eigenvalue weighted by atomic mass is 9.97. The Kier molecular flexibility index (Phi) is 33.4. The van der Waals surface area contributed by atoms with Gasteiger partial charge in [-0.25, -0.2) is 0 Å². The van der Waals surface area contributed by atoms with Crippen LogP contribution in [-0.4, -0.2) is 252 Å². The molecule has 13 amide bonds. The molecule has 2 aromatic carbocycles. The number of rotatable bonds is 17. The Labute approximate surface area is 599 Å². The Morgan fingerprint density at radius 3 is 1.31 bits per heavy atom. The molecule has 101 heavy (non-hydrogen) atoms. The zero-order valence-corrected chi connectivity index (χ0v) is 63.8. The molecule has 0 bridgehead atoms. The fraction of sp³-hybridized carbons (Fsp3) is 0.667. The number of amides is 13. The maximum Gasteiger partial charge on any atom is 0.245 e. The van der Waals surface area contributed by atoms with Crippen LogP contribution in [0.5, 0.6) is 0 Å². The predicted octanol–water partition coefficient (Wildman–Crippen LogP) is 4.02. The van der Waals surface area contributed by atoms with Gasteiger partial charge in [0.1, 0.15) is 66.5 Å². The molecule has 2 aliphatic rings. The predicted molar refractivity (Wildman–Crippen MR) is 386 cm³/mol. The summed E-state index contributed by atoms with van der Waals surface area (Å²) in [5.41, 5.74) is 1.32. The van der Waals surface area contributed by atoms with E-state index in [4.69, 9.17) is 0 Å². The fourth-order valence-corrected chi connectivity index (χ4v) is 12.8. The van der Waals surface area contributed by atoms with E-state index in [0.29, 0.717) is 37.1 Å². The van der Waals surface area contributed by atoms with E-state index in [1.165, 1.54) is 105 Å². The van der Waals surface area contributed by atoms with Crippen LogP contribution in [0.1, 0.15) is 158 Å². The van der Waals surface area contributed by atoms with Gasteiger partial charge in [0.05, 0.1) is 6.42 Å². The smallest absolute Gasteiger partial charge is 0.245 e. The summed E-state index contributed by atoms with van der Waals surface area (Å²) in [6.45, 7) is 21.9. The Bertz CT molecular complexity index is 3160. The maximum atomic E-state index is 15.5. The molecular formula is C75H119N13O13. The van der Waals surface area contributed by atoms with E-state index in [0.717, 1.165) is 11.3 Å².